The van der Waals surface area contributed by atoms with Crippen LogP contribution in [0.1, 0.15) is 29.4 Å². The molecule has 2 aromatic rings. The number of methoxy groups -OCH3 is 1. The molecule has 2 heterocycles. The van der Waals surface area contributed by atoms with Crippen molar-refractivity contribution in [1.82, 2.24) is 10.1 Å². The first-order valence-corrected chi connectivity index (χ1v) is 6.56. The number of rotatable bonds is 4. The van der Waals surface area contributed by atoms with Crippen molar-refractivity contribution in [2.75, 3.05) is 7.11 Å². The van der Waals surface area contributed by atoms with Gasteiger partial charge in [-0.15, -0.1) is 11.3 Å². The lowest BCUT2D eigenvalue weighted by atomic mass is 10.1. The van der Waals surface area contributed by atoms with Gasteiger partial charge in [-0.2, -0.15) is 4.98 Å². The van der Waals surface area contributed by atoms with Crippen molar-refractivity contribution in [3.8, 4) is 0 Å². The molecule has 0 unspecified atom stereocenters. The monoisotopic (exact) mass is 264 g/mol. The van der Waals surface area contributed by atoms with E-state index in [-0.39, 0.29) is 5.97 Å². The van der Waals surface area contributed by atoms with Crippen molar-refractivity contribution in [3.63, 3.8) is 0 Å². The molecule has 0 bridgehead atoms. The van der Waals surface area contributed by atoms with Crippen molar-refractivity contribution in [2.45, 2.75) is 24.7 Å². The molecule has 0 N–H and O–H groups in total. The summed E-state index contributed by atoms with van der Waals surface area (Å²) in [5, 5.41) is 5.93. The Balaban J connectivity index is 1.80. The van der Waals surface area contributed by atoms with Gasteiger partial charge >= 0.3 is 5.97 Å². The lowest BCUT2D eigenvalue weighted by Gasteiger charge is -2.05. The zero-order chi connectivity index (χ0) is 12.6. The molecular formula is C12H12N2O3S. The molecule has 0 saturated heterocycles. The summed E-state index contributed by atoms with van der Waals surface area (Å²) in [4.78, 5) is 17.2. The molecule has 94 valence electrons. The van der Waals surface area contributed by atoms with Gasteiger partial charge in [0.25, 0.3) is 0 Å². The maximum Gasteiger partial charge on any atom is 0.321 e. The van der Waals surface area contributed by atoms with Crippen LogP contribution in [0.25, 0.3) is 0 Å². The smallest absolute Gasteiger partial charge is 0.321 e. The van der Waals surface area contributed by atoms with E-state index in [9.17, 15) is 4.79 Å². The number of ether oxygens (including phenoxy) is 1. The first-order valence-electron chi connectivity index (χ1n) is 5.68. The summed E-state index contributed by atoms with van der Waals surface area (Å²) in [5.41, 5.74) is -0.671. The Hall–Kier alpha value is -1.69. The molecule has 1 fully saturated rings. The highest BCUT2D eigenvalue weighted by molar-refractivity contribution is 7.09. The van der Waals surface area contributed by atoms with Crippen molar-refractivity contribution in [1.29, 1.82) is 0 Å². The third-order valence-electron chi connectivity index (χ3n) is 3.12. The summed E-state index contributed by atoms with van der Waals surface area (Å²) in [7, 11) is 1.38. The van der Waals surface area contributed by atoms with E-state index in [1.54, 1.807) is 11.3 Å². The van der Waals surface area contributed by atoms with Crippen LogP contribution in [-0.2, 0) is 21.4 Å². The third-order valence-corrected chi connectivity index (χ3v) is 3.99. The average molecular weight is 264 g/mol. The van der Waals surface area contributed by atoms with Gasteiger partial charge in [-0.1, -0.05) is 11.2 Å². The van der Waals surface area contributed by atoms with E-state index in [4.69, 9.17) is 9.26 Å². The van der Waals surface area contributed by atoms with Crippen LogP contribution >= 0.6 is 11.3 Å². The minimum atomic E-state index is -0.671. The summed E-state index contributed by atoms with van der Waals surface area (Å²) in [6.45, 7) is 0. The fourth-order valence-electron chi connectivity index (χ4n) is 1.91. The average Bonchev–Trinajstić information content (AvgIpc) is 2.82. The van der Waals surface area contributed by atoms with Crippen molar-refractivity contribution in [2.24, 2.45) is 0 Å². The van der Waals surface area contributed by atoms with E-state index >= 15 is 0 Å². The van der Waals surface area contributed by atoms with Crippen LogP contribution in [-0.4, -0.2) is 23.2 Å². The number of aromatic nitrogens is 2. The zero-order valence-corrected chi connectivity index (χ0v) is 10.7. The molecule has 0 radical (unpaired) electrons. The predicted octanol–water partition coefficient (Wildman–Crippen LogP) is 1.93. The van der Waals surface area contributed by atoms with Gasteiger partial charge in [-0.3, -0.25) is 4.79 Å². The summed E-state index contributed by atoms with van der Waals surface area (Å²) >= 11 is 1.65. The number of carbonyl (C=O) groups excluding carboxylic acids is 1. The topological polar surface area (TPSA) is 65.2 Å². The molecule has 1 aliphatic rings. The van der Waals surface area contributed by atoms with E-state index in [1.165, 1.54) is 12.0 Å². The van der Waals surface area contributed by atoms with Crippen LogP contribution in [0, 0.1) is 0 Å². The Morgan fingerprint density at radius 1 is 1.61 bits per heavy atom. The Morgan fingerprint density at radius 2 is 2.44 bits per heavy atom. The van der Waals surface area contributed by atoms with Crippen LogP contribution in [0.15, 0.2) is 22.0 Å². The lowest BCUT2D eigenvalue weighted by molar-refractivity contribution is -0.144. The Morgan fingerprint density at radius 3 is 3.06 bits per heavy atom. The predicted molar refractivity (Wildman–Crippen MR) is 64.4 cm³/mol. The van der Waals surface area contributed by atoms with E-state index in [2.05, 4.69) is 10.1 Å². The van der Waals surface area contributed by atoms with Crippen LogP contribution in [0.2, 0.25) is 0 Å². The van der Waals surface area contributed by atoms with Gasteiger partial charge in [-0.25, -0.2) is 0 Å². The highest BCUT2D eigenvalue weighted by Gasteiger charge is 2.57. The molecule has 0 atom stereocenters. The minimum Gasteiger partial charge on any atom is -0.468 e. The first kappa shape index (κ1) is 11.4. The minimum absolute atomic E-state index is 0.283. The quantitative estimate of drug-likeness (QED) is 0.789. The van der Waals surface area contributed by atoms with E-state index < -0.39 is 5.41 Å². The molecule has 18 heavy (non-hydrogen) atoms. The standard InChI is InChI=1S/C12H12N2O3S/c1-16-11(15)12(4-5-12)10-13-9(14-17-10)7-8-3-2-6-18-8/h2-3,6H,4-5,7H2,1H3. The van der Waals surface area contributed by atoms with Gasteiger partial charge in [0.1, 0.15) is 5.41 Å². The van der Waals surface area contributed by atoms with E-state index in [1.807, 2.05) is 17.5 Å². The lowest BCUT2D eigenvalue weighted by Crippen LogP contribution is -2.22. The van der Waals surface area contributed by atoms with Crippen LogP contribution in [0.4, 0.5) is 0 Å². The fourth-order valence-corrected chi connectivity index (χ4v) is 2.62. The van der Waals surface area contributed by atoms with Gasteiger partial charge in [0.05, 0.1) is 7.11 Å². The molecule has 0 spiro atoms. The number of thiophene rings is 1. The summed E-state index contributed by atoms with van der Waals surface area (Å²) in [6.07, 6.45) is 2.08. The Kier molecular flexibility index (Phi) is 2.66. The zero-order valence-electron chi connectivity index (χ0n) is 9.88. The number of hydrogen-bond acceptors (Lipinski definition) is 6. The third kappa shape index (κ3) is 1.82. The molecule has 0 amide bonds. The largest absolute Gasteiger partial charge is 0.468 e. The summed E-state index contributed by atoms with van der Waals surface area (Å²) in [5.74, 6) is 0.720. The Bertz CT molecular complexity index is 558. The first-order chi connectivity index (χ1) is 8.74. The van der Waals surface area contributed by atoms with Crippen molar-refractivity contribution in [3.05, 3.63) is 34.1 Å². The van der Waals surface area contributed by atoms with Gasteiger partial charge in [0, 0.05) is 11.3 Å². The van der Waals surface area contributed by atoms with Crippen LogP contribution in [0.5, 0.6) is 0 Å². The summed E-state index contributed by atoms with van der Waals surface area (Å²) in [6, 6.07) is 4.01. The van der Waals surface area contributed by atoms with E-state index in [0.717, 1.165) is 12.8 Å². The van der Waals surface area contributed by atoms with Gasteiger partial charge < -0.3 is 9.26 Å². The second-order valence-electron chi connectivity index (χ2n) is 4.35. The molecule has 0 aromatic carbocycles. The van der Waals surface area contributed by atoms with Gasteiger partial charge in [0.15, 0.2) is 5.82 Å². The molecule has 5 nitrogen and oxygen atoms in total. The fraction of sp³-hybridized carbons (Fsp3) is 0.417. The van der Waals surface area contributed by atoms with Crippen LogP contribution in [0.3, 0.4) is 0 Å². The molecule has 0 aliphatic heterocycles. The maximum atomic E-state index is 11.7. The van der Waals surface area contributed by atoms with E-state index in [0.29, 0.717) is 18.1 Å². The van der Waals surface area contributed by atoms with Crippen molar-refractivity contribution < 1.29 is 14.1 Å². The molecular weight excluding hydrogens is 252 g/mol. The van der Waals surface area contributed by atoms with Crippen molar-refractivity contribution >= 4 is 17.3 Å². The highest BCUT2D eigenvalue weighted by Crippen LogP contribution is 2.48. The number of carbonyl (C=O) groups is 1. The SMILES string of the molecule is COC(=O)C1(c2nc(Cc3cccs3)no2)CC1. The maximum absolute atomic E-state index is 11.7. The van der Waals surface area contributed by atoms with Gasteiger partial charge in [-0.05, 0) is 24.3 Å². The second kappa shape index (κ2) is 4.20. The summed E-state index contributed by atoms with van der Waals surface area (Å²) < 4.78 is 9.99. The molecule has 3 rings (SSSR count). The van der Waals surface area contributed by atoms with Crippen LogP contribution < -0.4 is 0 Å². The number of nitrogens with zero attached hydrogens (tertiary/aromatic N) is 2. The molecule has 6 heteroatoms. The number of esters is 1. The molecule has 1 saturated carbocycles. The molecule has 2 aromatic heterocycles. The van der Waals surface area contributed by atoms with Gasteiger partial charge in [0.2, 0.25) is 5.89 Å². The normalized spacial score (nSPS) is 16.5. The second-order valence-corrected chi connectivity index (χ2v) is 5.38. The highest BCUT2D eigenvalue weighted by atomic mass is 32.1. The molecule has 1 aliphatic carbocycles. The Labute approximate surface area is 108 Å². The number of hydrogen-bond donors (Lipinski definition) is 0.